The summed E-state index contributed by atoms with van der Waals surface area (Å²) >= 11 is 6.80. The van der Waals surface area contributed by atoms with Crippen molar-refractivity contribution in [3.63, 3.8) is 0 Å². The topological polar surface area (TPSA) is 49.8 Å². The summed E-state index contributed by atoms with van der Waals surface area (Å²) in [5.41, 5.74) is 1.56. The van der Waals surface area contributed by atoms with Gasteiger partial charge in [0.15, 0.2) is 4.77 Å². The monoisotopic (exact) mass is 315 g/mol. The molecule has 1 amide bonds. The molecule has 1 aromatic carbocycles. The summed E-state index contributed by atoms with van der Waals surface area (Å²) in [6, 6.07) is 11.3. The van der Waals surface area contributed by atoms with Crippen LogP contribution in [0.2, 0.25) is 0 Å². The van der Waals surface area contributed by atoms with Crippen molar-refractivity contribution < 1.29 is 4.79 Å². The molecule has 3 rings (SSSR count). The van der Waals surface area contributed by atoms with Crippen molar-refractivity contribution in [3.05, 3.63) is 69.4 Å². The van der Waals surface area contributed by atoms with E-state index >= 15 is 0 Å². The Morgan fingerprint density at radius 2 is 2.10 bits per heavy atom. The summed E-state index contributed by atoms with van der Waals surface area (Å²) in [5, 5.41) is 4.90. The van der Waals surface area contributed by atoms with Crippen LogP contribution in [0.3, 0.4) is 0 Å². The van der Waals surface area contributed by atoms with Gasteiger partial charge < -0.3 is 10.3 Å². The molecule has 3 aromatic rings. The van der Waals surface area contributed by atoms with Gasteiger partial charge in [0.25, 0.3) is 5.91 Å². The van der Waals surface area contributed by atoms with Crippen molar-refractivity contribution in [1.29, 1.82) is 0 Å². The first-order valence-corrected chi connectivity index (χ1v) is 7.70. The van der Waals surface area contributed by atoms with Crippen molar-refractivity contribution in [3.8, 4) is 5.69 Å². The predicted molar refractivity (Wildman–Crippen MR) is 86.4 cm³/mol. The molecule has 21 heavy (non-hydrogen) atoms. The lowest BCUT2D eigenvalue weighted by atomic mass is 10.2. The molecule has 0 radical (unpaired) electrons. The van der Waals surface area contributed by atoms with Crippen LogP contribution in [-0.2, 0) is 6.54 Å². The van der Waals surface area contributed by atoms with Crippen molar-refractivity contribution in [1.82, 2.24) is 14.9 Å². The van der Waals surface area contributed by atoms with E-state index in [1.807, 2.05) is 40.4 Å². The molecule has 0 aliphatic carbocycles. The Hall–Kier alpha value is -2.18. The minimum atomic E-state index is -0.0763. The number of aromatic nitrogens is 2. The summed E-state index contributed by atoms with van der Waals surface area (Å²) in [5.74, 6) is -0.0763. The molecule has 0 bridgehead atoms. The van der Waals surface area contributed by atoms with Gasteiger partial charge in [0, 0.05) is 28.5 Å². The van der Waals surface area contributed by atoms with Crippen molar-refractivity contribution in [2.24, 2.45) is 0 Å². The number of aromatic amines is 1. The van der Waals surface area contributed by atoms with Gasteiger partial charge >= 0.3 is 0 Å². The zero-order valence-electron chi connectivity index (χ0n) is 11.1. The average Bonchev–Trinajstić information content (AvgIpc) is 3.16. The van der Waals surface area contributed by atoms with Crippen LogP contribution < -0.4 is 5.32 Å². The fourth-order valence-electron chi connectivity index (χ4n) is 1.98. The summed E-state index contributed by atoms with van der Waals surface area (Å²) in [4.78, 5) is 16.1. The number of hydrogen-bond acceptors (Lipinski definition) is 3. The summed E-state index contributed by atoms with van der Waals surface area (Å²) in [6.45, 7) is 0.557. The van der Waals surface area contributed by atoms with E-state index in [0.29, 0.717) is 16.9 Å². The van der Waals surface area contributed by atoms with Gasteiger partial charge in [-0.3, -0.25) is 9.36 Å². The number of hydrogen-bond donors (Lipinski definition) is 2. The van der Waals surface area contributed by atoms with Gasteiger partial charge in [-0.1, -0.05) is 6.07 Å². The highest BCUT2D eigenvalue weighted by molar-refractivity contribution is 7.71. The lowest BCUT2D eigenvalue weighted by molar-refractivity contribution is 0.0951. The van der Waals surface area contributed by atoms with Gasteiger partial charge in [-0.05, 0) is 47.9 Å². The molecular weight excluding hydrogens is 302 g/mol. The number of H-pyrrole nitrogens is 1. The minimum Gasteiger partial charge on any atom is -0.347 e. The molecule has 0 unspecified atom stereocenters. The van der Waals surface area contributed by atoms with Crippen LogP contribution in [0.1, 0.15) is 15.2 Å². The van der Waals surface area contributed by atoms with Crippen LogP contribution in [-0.4, -0.2) is 15.5 Å². The second-order valence-electron chi connectivity index (χ2n) is 4.44. The molecule has 0 saturated carbocycles. The number of carbonyl (C=O) groups excluding carboxylic acids is 1. The van der Waals surface area contributed by atoms with Crippen LogP contribution in [0, 0.1) is 4.77 Å². The Balaban J connectivity index is 1.70. The normalized spacial score (nSPS) is 10.5. The molecule has 0 aliphatic rings. The Morgan fingerprint density at radius 1 is 1.29 bits per heavy atom. The molecule has 0 fully saturated rings. The van der Waals surface area contributed by atoms with E-state index in [4.69, 9.17) is 12.2 Å². The summed E-state index contributed by atoms with van der Waals surface area (Å²) in [6.07, 6.45) is 3.64. The fourth-order valence-corrected chi connectivity index (χ4v) is 2.86. The van der Waals surface area contributed by atoms with Crippen LogP contribution in [0.4, 0.5) is 0 Å². The van der Waals surface area contributed by atoms with Crippen molar-refractivity contribution >= 4 is 29.5 Å². The van der Waals surface area contributed by atoms with Crippen LogP contribution in [0.5, 0.6) is 0 Å². The molecular formula is C15H13N3OS2. The fraction of sp³-hybridized carbons (Fsp3) is 0.0667. The smallest absolute Gasteiger partial charge is 0.251 e. The van der Waals surface area contributed by atoms with E-state index < -0.39 is 0 Å². The lowest BCUT2D eigenvalue weighted by Crippen LogP contribution is -2.22. The molecule has 4 nitrogen and oxygen atoms in total. The van der Waals surface area contributed by atoms with Crippen LogP contribution in [0.15, 0.2) is 54.2 Å². The summed E-state index contributed by atoms with van der Waals surface area (Å²) in [7, 11) is 0. The first kappa shape index (κ1) is 13.8. The quantitative estimate of drug-likeness (QED) is 0.724. The molecule has 106 valence electrons. The molecule has 2 heterocycles. The number of nitrogens with one attached hydrogen (secondary N) is 2. The maximum absolute atomic E-state index is 12.1. The highest BCUT2D eigenvalue weighted by Crippen LogP contribution is 2.11. The summed E-state index contributed by atoms with van der Waals surface area (Å²) < 4.78 is 2.48. The molecule has 6 heteroatoms. The number of nitrogens with zero attached hydrogens (tertiary/aromatic N) is 1. The number of carbonyl (C=O) groups is 1. The minimum absolute atomic E-state index is 0.0763. The first-order valence-electron chi connectivity index (χ1n) is 6.41. The third-order valence-electron chi connectivity index (χ3n) is 3.06. The average molecular weight is 315 g/mol. The van der Waals surface area contributed by atoms with Gasteiger partial charge in [0.2, 0.25) is 0 Å². The highest BCUT2D eigenvalue weighted by Gasteiger charge is 2.06. The molecule has 0 aliphatic heterocycles. The number of amides is 1. The molecule has 0 spiro atoms. The van der Waals surface area contributed by atoms with Crippen LogP contribution >= 0.6 is 23.6 Å². The third kappa shape index (κ3) is 3.12. The third-order valence-corrected chi connectivity index (χ3v) is 4.25. The van der Waals surface area contributed by atoms with E-state index in [9.17, 15) is 4.79 Å². The SMILES string of the molecule is O=C(NCc1cccs1)c1ccc(-n2cc[nH]c2=S)cc1. The Morgan fingerprint density at radius 3 is 2.71 bits per heavy atom. The van der Waals surface area contributed by atoms with E-state index in [1.165, 1.54) is 0 Å². The van der Waals surface area contributed by atoms with Gasteiger partial charge in [0.1, 0.15) is 0 Å². The van der Waals surface area contributed by atoms with Gasteiger partial charge in [-0.15, -0.1) is 11.3 Å². The second kappa shape index (κ2) is 6.07. The number of thiophene rings is 1. The van der Waals surface area contributed by atoms with E-state index in [0.717, 1.165) is 10.6 Å². The Bertz CT molecular complexity index is 785. The highest BCUT2D eigenvalue weighted by atomic mass is 32.1. The molecule has 0 atom stereocenters. The maximum atomic E-state index is 12.1. The van der Waals surface area contributed by atoms with Gasteiger partial charge in [0.05, 0.1) is 6.54 Å². The largest absolute Gasteiger partial charge is 0.347 e. The maximum Gasteiger partial charge on any atom is 0.251 e. The second-order valence-corrected chi connectivity index (χ2v) is 5.86. The molecule has 2 aromatic heterocycles. The number of benzene rings is 1. The zero-order valence-corrected chi connectivity index (χ0v) is 12.7. The Kier molecular flexibility index (Phi) is 3.98. The Labute approximate surface area is 131 Å². The van der Waals surface area contributed by atoms with Crippen molar-refractivity contribution in [2.45, 2.75) is 6.54 Å². The lowest BCUT2D eigenvalue weighted by Gasteiger charge is -2.06. The van der Waals surface area contributed by atoms with Crippen molar-refractivity contribution in [2.75, 3.05) is 0 Å². The number of imidazole rings is 1. The van der Waals surface area contributed by atoms with E-state index in [-0.39, 0.29) is 5.91 Å². The van der Waals surface area contributed by atoms with Gasteiger partial charge in [-0.2, -0.15) is 0 Å². The molecule has 2 N–H and O–H groups in total. The predicted octanol–water partition coefficient (Wildman–Crippen LogP) is 3.53. The zero-order chi connectivity index (χ0) is 14.7. The molecule has 0 saturated heterocycles. The standard InChI is InChI=1S/C15H13N3OS2/c19-14(17-10-13-2-1-9-21-13)11-3-5-12(6-4-11)18-8-7-16-15(18)20/h1-9H,10H2,(H,16,20)(H,17,19). The van der Waals surface area contributed by atoms with Gasteiger partial charge in [-0.25, -0.2) is 0 Å². The van der Waals surface area contributed by atoms with Crippen LogP contribution in [0.25, 0.3) is 5.69 Å². The first-order chi connectivity index (χ1) is 10.2. The number of rotatable bonds is 4. The van der Waals surface area contributed by atoms with E-state index in [2.05, 4.69) is 10.3 Å². The van der Waals surface area contributed by atoms with E-state index in [1.54, 1.807) is 29.7 Å².